The molecule has 82 valence electrons. The SMILES string of the molecule is NC1CCC(O)(CNc2ccccc2)C1. The van der Waals surface area contributed by atoms with E-state index in [0.717, 1.165) is 18.5 Å². The van der Waals surface area contributed by atoms with E-state index in [1.807, 2.05) is 30.3 Å². The number of benzene rings is 1. The Morgan fingerprint density at radius 3 is 2.73 bits per heavy atom. The van der Waals surface area contributed by atoms with Crippen molar-refractivity contribution in [3.05, 3.63) is 30.3 Å². The Balaban J connectivity index is 1.88. The molecule has 2 unspecified atom stereocenters. The summed E-state index contributed by atoms with van der Waals surface area (Å²) >= 11 is 0. The molecular weight excluding hydrogens is 188 g/mol. The van der Waals surface area contributed by atoms with E-state index < -0.39 is 5.60 Å². The fourth-order valence-electron chi connectivity index (χ4n) is 2.13. The highest BCUT2D eigenvalue weighted by molar-refractivity contribution is 5.42. The van der Waals surface area contributed by atoms with Crippen LogP contribution in [-0.4, -0.2) is 23.3 Å². The van der Waals surface area contributed by atoms with E-state index in [1.165, 1.54) is 0 Å². The number of rotatable bonds is 3. The smallest absolute Gasteiger partial charge is 0.0834 e. The van der Waals surface area contributed by atoms with Crippen LogP contribution < -0.4 is 11.1 Å². The third-order valence-electron chi connectivity index (χ3n) is 3.02. The Bertz CT molecular complexity index is 315. The summed E-state index contributed by atoms with van der Waals surface area (Å²) in [7, 11) is 0. The fourth-order valence-corrected chi connectivity index (χ4v) is 2.13. The molecule has 0 heterocycles. The highest BCUT2D eigenvalue weighted by Gasteiger charge is 2.35. The quantitative estimate of drug-likeness (QED) is 0.699. The second kappa shape index (κ2) is 4.21. The van der Waals surface area contributed by atoms with Crippen molar-refractivity contribution < 1.29 is 5.11 Å². The molecule has 0 saturated heterocycles. The molecule has 2 rings (SSSR count). The zero-order chi connectivity index (χ0) is 10.7. The van der Waals surface area contributed by atoms with Crippen molar-refractivity contribution in [3.8, 4) is 0 Å². The second-order valence-corrected chi connectivity index (χ2v) is 4.45. The van der Waals surface area contributed by atoms with Crippen molar-refractivity contribution in [2.45, 2.75) is 30.9 Å². The lowest BCUT2D eigenvalue weighted by atomic mass is 10.0. The second-order valence-electron chi connectivity index (χ2n) is 4.45. The fraction of sp³-hybridized carbons (Fsp3) is 0.500. The summed E-state index contributed by atoms with van der Waals surface area (Å²) in [5.74, 6) is 0. The first-order valence-electron chi connectivity index (χ1n) is 5.45. The molecule has 0 spiro atoms. The minimum atomic E-state index is -0.616. The third-order valence-corrected chi connectivity index (χ3v) is 3.02. The van der Waals surface area contributed by atoms with E-state index in [9.17, 15) is 5.11 Å². The average molecular weight is 206 g/mol. The summed E-state index contributed by atoms with van der Waals surface area (Å²) in [6.45, 7) is 0.588. The first-order valence-corrected chi connectivity index (χ1v) is 5.45. The summed E-state index contributed by atoms with van der Waals surface area (Å²) < 4.78 is 0. The molecule has 3 nitrogen and oxygen atoms in total. The van der Waals surface area contributed by atoms with Crippen LogP contribution in [0.2, 0.25) is 0 Å². The van der Waals surface area contributed by atoms with Crippen molar-refractivity contribution in [1.82, 2.24) is 0 Å². The predicted octanol–water partition coefficient (Wildman–Crippen LogP) is 1.34. The average Bonchev–Trinajstić information content (AvgIpc) is 2.58. The molecule has 1 aliphatic rings. The van der Waals surface area contributed by atoms with Gasteiger partial charge in [-0.2, -0.15) is 0 Å². The molecule has 2 atom stereocenters. The van der Waals surface area contributed by atoms with Gasteiger partial charge < -0.3 is 16.2 Å². The van der Waals surface area contributed by atoms with Crippen LogP contribution >= 0.6 is 0 Å². The number of para-hydroxylation sites is 1. The molecule has 1 aliphatic carbocycles. The maximum absolute atomic E-state index is 10.2. The van der Waals surface area contributed by atoms with Gasteiger partial charge >= 0.3 is 0 Å². The Morgan fingerprint density at radius 1 is 1.40 bits per heavy atom. The van der Waals surface area contributed by atoms with Crippen molar-refractivity contribution in [2.24, 2.45) is 5.73 Å². The largest absolute Gasteiger partial charge is 0.388 e. The first-order chi connectivity index (χ1) is 7.18. The van der Waals surface area contributed by atoms with Gasteiger partial charge in [-0.3, -0.25) is 0 Å². The highest BCUT2D eigenvalue weighted by Crippen LogP contribution is 2.28. The van der Waals surface area contributed by atoms with Gasteiger partial charge in [-0.05, 0) is 31.4 Å². The molecular formula is C12H18N2O. The standard InChI is InChI=1S/C12H18N2O/c13-10-6-7-12(15,8-10)9-14-11-4-2-1-3-5-11/h1-5,10,14-15H,6-9,13H2. The van der Waals surface area contributed by atoms with E-state index in [1.54, 1.807) is 0 Å². The van der Waals surface area contributed by atoms with Gasteiger partial charge in [0.05, 0.1) is 5.60 Å². The summed E-state index contributed by atoms with van der Waals surface area (Å²) in [6, 6.07) is 10.1. The van der Waals surface area contributed by atoms with Crippen LogP contribution in [0.25, 0.3) is 0 Å². The maximum Gasteiger partial charge on any atom is 0.0834 e. The summed E-state index contributed by atoms with van der Waals surface area (Å²) in [5.41, 5.74) is 6.22. The molecule has 1 aromatic rings. The molecule has 0 amide bonds. The highest BCUT2D eigenvalue weighted by atomic mass is 16.3. The van der Waals surface area contributed by atoms with E-state index in [-0.39, 0.29) is 6.04 Å². The third kappa shape index (κ3) is 2.70. The number of aliphatic hydroxyl groups is 1. The van der Waals surface area contributed by atoms with Gasteiger partial charge in [0.2, 0.25) is 0 Å². The number of hydrogen-bond acceptors (Lipinski definition) is 3. The van der Waals surface area contributed by atoms with Crippen LogP contribution in [0.3, 0.4) is 0 Å². The molecule has 1 fully saturated rings. The number of nitrogens with two attached hydrogens (primary N) is 1. The van der Waals surface area contributed by atoms with Gasteiger partial charge in [0.25, 0.3) is 0 Å². The molecule has 3 heteroatoms. The van der Waals surface area contributed by atoms with Crippen LogP contribution in [0.4, 0.5) is 5.69 Å². The van der Waals surface area contributed by atoms with E-state index >= 15 is 0 Å². The molecule has 0 aliphatic heterocycles. The van der Waals surface area contributed by atoms with Gasteiger partial charge in [-0.25, -0.2) is 0 Å². The van der Waals surface area contributed by atoms with Crippen molar-refractivity contribution >= 4 is 5.69 Å². The van der Waals surface area contributed by atoms with Gasteiger partial charge in [-0.15, -0.1) is 0 Å². The summed E-state index contributed by atoms with van der Waals surface area (Å²) in [5, 5.41) is 13.4. The van der Waals surface area contributed by atoms with Crippen LogP contribution in [0.5, 0.6) is 0 Å². The Morgan fingerprint density at radius 2 is 2.13 bits per heavy atom. The molecule has 0 bridgehead atoms. The lowest BCUT2D eigenvalue weighted by Crippen LogP contribution is -2.35. The number of hydrogen-bond donors (Lipinski definition) is 3. The van der Waals surface area contributed by atoms with Crippen molar-refractivity contribution in [1.29, 1.82) is 0 Å². The molecule has 4 N–H and O–H groups in total. The zero-order valence-corrected chi connectivity index (χ0v) is 8.82. The maximum atomic E-state index is 10.2. The molecule has 0 aromatic heterocycles. The topological polar surface area (TPSA) is 58.3 Å². The van der Waals surface area contributed by atoms with Crippen LogP contribution in [-0.2, 0) is 0 Å². The molecule has 1 saturated carbocycles. The lowest BCUT2D eigenvalue weighted by molar-refractivity contribution is 0.0601. The van der Waals surface area contributed by atoms with Gasteiger partial charge in [0.15, 0.2) is 0 Å². The van der Waals surface area contributed by atoms with E-state index in [2.05, 4.69) is 5.32 Å². The monoisotopic (exact) mass is 206 g/mol. The van der Waals surface area contributed by atoms with Crippen LogP contribution in [0, 0.1) is 0 Å². The van der Waals surface area contributed by atoms with E-state index in [0.29, 0.717) is 13.0 Å². The van der Waals surface area contributed by atoms with Crippen molar-refractivity contribution in [2.75, 3.05) is 11.9 Å². The Kier molecular flexibility index (Phi) is 2.93. The van der Waals surface area contributed by atoms with Gasteiger partial charge in [0, 0.05) is 18.3 Å². The van der Waals surface area contributed by atoms with Gasteiger partial charge in [0.1, 0.15) is 0 Å². The predicted molar refractivity (Wildman–Crippen MR) is 61.7 cm³/mol. The molecule has 15 heavy (non-hydrogen) atoms. The summed E-state index contributed by atoms with van der Waals surface area (Å²) in [4.78, 5) is 0. The lowest BCUT2D eigenvalue weighted by Gasteiger charge is -2.23. The summed E-state index contributed by atoms with van der Waals surface area (Å²) in [6.07, 6.45) is 2.42. The van der Waals surface area contributed by atoms with Crippen LogP contribution in [0.15, 0.2) is 30.3 Å². The minimum Gasteiger partial charge on any atom is -0.388 e. The number of anilines is 1. The molecule has 0 radical (unpaired) electrons. The Labute approximate surface area is 90.3 Å². The van der Waals surface area contributed by atoms with Crippen molar-refractivity contribution in [3.63, 3.8) is 0 Å². The minimum absolute atomic E-state index is 0.160. The zero-order valence-electron chi connectivity index (χ0n) is 8.82. The number of nitrogens with one attached hydrogen (secondary N) is 1. The first kappa shape index (κ1) is 10.5. The van der Waals surface area contributed by atoms with E-state index in [4.69, 9.17) is 5.73 Å². The normalized spacial score (nSPS) is 30.4. The molecule has 1 aromatic carbocycles. The van der Waals surface area contributed by atoms with Crippen LogP contribution in [0.1, 0.15) is 19.3 Å². The van der Waals surface area contributed by atoms with Gasteiger partial charge in [-0.1, -0.05) is 18.2 Å². The Hall–Kier alpha value is -1.06.